The second-order valence-corrected chi connectivity index (χ2v) is 5.28. The predicted molar refractivity (Wildman–Crippen MR) is 72.6 cm³/mol. The van der Waals surface area contributed by atoms with E-state index in [4.69, 9.17) is 4.42 Å². The van der Waals surface area contributed by atoms with Crippen LogP contribution in [0, 0.1) is 0 Å². The Morgan fingerprint density at radius 1 is 1.39 bits per heavy atom. The first-order valence-corrected chi connectivity index (χ1v) is 6.91. The molecule has 0 aromatic carbocycles. The van der Waals surface area contributed by atoms with Gasteiger partial charge in [-0.3, -0.25) is 0 Å². The minimum atomic E-state index is 0.563. The lowest BCUT2D eigenvalue weighted by molar-refractivity contribution is 0.513. The summed E-state index contributed by atoms with van der Waals surface area (Å²) in [4.78, 5) is 8.93. The quantitative estimate of drug-likeness (QED) is 0.861. The average molecular weight is 308 g/mol. The van der Waals surface area contributed by atoms with Gasteiger partial charge in [-0.15, -0.1) is 0 Å². The van der Waals surface area contributed by atoms with Crippen LogP contribution in [0.2, 0.25) is 0 Å². The fraction of sp³-hybridized carbons (Fsp3) is 0.385. The van der Waals surface area contributed by atoms with Crippen molar-refractivity contribution in [1.82, 2.24) is 9.97 Å². The first kappa shape index (κ1) is 11.7. The van der Waals surface area contributed by atoms with E-state index in [1.807, 2.05) is 18.2 Å². The molecule has 0 unspecified atom stereocenters. The highest BCUT2D eigenvalue weighted by Crippen LogP contribution is 2.38. The maximum absolute atomic E-state index is 5.29. The molecule has 0 spiro atoms. The van der Waals surface area contributed by atoms with Crippen LogP contribution in [0.15, 0.2) is 33.5 Å². The Hall–Kier alpha value is -1.36. The lowest BCUT2D eigenvalue weighted by atomic mass is 10.3. The van der Waals surface area contributed by atoms with Gasteiger partial charge in [0.25, 0.3) is 0 Å². The van der Waals surface area contributed by atoms with Gasteiger partial charge in [0, 0.05) is 24.9 Å². The number of rotatable bonds is 5. The molecule has 0 atom stereocenters. The number of nitrogens with one attached hydrogen (secondary N) is 1. The maximum atomic E-state index is 5.29. The van der Waals surface area contributed by atoms with E-state index < -0.39 is 0 Å². The van der Waals surface area contributed by atoms with E-state index in [0.29, 0.717) is 5.92 Å². The van der Waals surface area contributed by atoms with E-state index in [-0.39, 0.29) is 0 Å². The lowest BCUT2D eigenvalue weighted by Gasteiger charge is -2.06. The Morgan fingerprint density at radius 2 is 2.28 bits per heavy atom. The summed E-state index contributed by atoms with van der Waals surface area (Å²) in [6.45, 7) is 0.807. The zero-order valence-corrected chi connectivity index (χ0v) is 11.5. The SMILES string of the molecule is Brc1cc(NCCc2ccco2)nc(C2CC2)n1. The summed E-state index contributed by atoms with van der Waals surface area (Å²) in [7, 11) is 0. The highest BCUT2D eigenvalue weighted by atomic mass is 79.9. The van der Waals surface area contributed by atoms with Gasteiger partial charge in [0.05, 0.1) is 6.26 Å². The molecule has 1 saturated carbocycles. The van der Waals surface area contributed by atoms with Gasteiger partial charge in [0.2, 0.25) is 0 Å². The van der Waals surface area contributed by atoms with Gasteiger partial charge < -0.3 is 9.73 Å². The third-order valence-electron chi connectivity index (χ3n) is 2.91. The Labute approximate surface area is 114 Å². The van der Waals surface area contributed by atoms with Crippen molar-refractivity contribution in [2.24, 2.45) is 0 Å². The maximum Gasteiger partial charge on any atom is 0.135 e. The second-order valence-electron chi connectivity index (χ2n) is 4.46. The Morgan fingerprint density at radius 3 is 3.00 bits per heavy atom. The Kier molecular flexibility index (Phi) is 3.32. The van der Waals surface area contributed by atoms with Crippen LogP contribution in [0.3, 0.4) is 0 Å². The van der Waals surface area contributed by atoms with Crippen molar-refractivity contribution in [3.63, 3.8) is 0 Å². The highest BCUT2D eigenvalue weighted by Gasteiger charge is 2.27. The average Bonchev–Trinajstić information content (AvgIpc) is 3.08. The van der Waals surface area contributed by atoms with Gasteiger partial charge in [-0.25, -0.2) is 9.97 Å². The zero-order chi connectivity index (χ0) is 12.4. The van der Waals surface area contributed by atoms with Crippen LogP contribution >= 0.6 is 15.9 Å². The third-order valence-corrected chi connectivity index (χ3v) is 3.32. The molecule has 0 aliphatic heterocycles. The summed E-state index contributed by atoms with van der Waals surface area (Å²) in [6, 6.07) is 5.79. The number of nitrogens with zero attached hydrogens (tertiary/aromatic N) is 2. The molecule has 4 nitrogen and oxygen atoms in total. The van der Waals surface area contributed by atoms with Gasteiger partial charge >= 0.3 is 0 Å². The van der Waals surface area contributed by atoms with Crippen molar-refractivity contribution >= 4 is 21.7 Å². The summed E-state index contributed by atoms with van der Waals surface area (Å²) in [5.41, 5.74) is 0. The number of furan rings is 1. The van der Waals surface area contributed by atoms with Gasteiger partial charge in [0.1, 0.15) is 22.0 Å². The van der Waals surface area contributed by atoms with Crippen LogP contribution in [0.25, 0.3) is 0 Å². The second kappa shape index (κ2) is 5.10. The van der Waals surface area contributed by atoms with Crippen molar-refractivity contribution < 1.29 is 4.42 Å². The molecule has 2 heterocycles. The molecular weight excluding hydrogens is 294 g/mol. The summed E-state index contributed by atoms with van der Waals surface area (Å²) in [6.07, 6.45) is 4.97. The molecule has 1 N–H and O–H groups in total. The van der Waals surface area contributed by atoms with Crippen LogP contribution in [-0.2, 0) is 6.42 Å². The molecule has 2 aromatic heterocycles. The minimum Gasteiger partial charge on any atom is -0.469 e. The van der Waals surface area contributed by atoms with Crippen molar-refractivity contribution in [1.29, 1.82) is 0 Å². The van der Waals surface area contributed by atoms with E-state index >= 15 is 0 Å². The van der Waals surface area contributed by atoms with Crippen LogP contribution in [-0.4, -0.2) is 16.5 Å². The van der Waals surface area contributed by atoms with Gasteiger partial charge in [0.15, 0.2) is 0 Å². The minimum absolute atomic E-state index is 0.563. The molecule has 2 aromatic rings. The highest BCUT2D eigenvalue weighted by molar-refractivity contribution is 9.10. The van der Waals surface area contributed by atoms with Crippen LogP contribution in [0.5, 0.6) is 0 Å². The van der Waals surface area contributed by atoms with E-state index in [9.17, 15) is 0 Å². The molecule has 3 rings (SSSR count). The first-order chi connectivity index (χ1) is 8.81. The fourth-order valence-electron chi connectivity index (χ4n) is 1.82. The summed E-state index contributed by atoms with van der Waals surface area (Å²) in [5, 5.41) is 3.31. The first-order valence-electron chi connectivity index (χ1n) is 6.12. The molecule has 0 bridgehead atoms. The van der Waals surface area contributed by atoms with Gasteiger partial charge in [-0.05, 0) is 40.9 Å². The molecule has 18 heavy (non-hydrogen) atoms. The fourth-order valence-corrected chi connectivity index (χ4v) is 2.22. The zero-order valence-electron chi connectivity index (χ0n) is 9.90. The molecule has 1 aliphatic rings. The topological polar surface area (TPSA) is 51.0 Å². The lowest BCUT2D eigenvalue weighted by Crippen LogP contribution is -2.07. The monoisotopic (exact) mass is 307 g/mol. The molecule has 0 radical (unpaired) electrons. The number of anilines is 1. The van der Waals surface area contributed by atoms with Crippen molar-refractivity contribution in [3.8, 4) is 0 Å². The van der Waals surface area contributed by atoms with E-state index in [1.54, 1.807) is 6.26 Å². The van der Waals surface area contributed by atoms with Crippen LogP contribution in [0.4, 0.5) is 5.82 Å². The Bertz CT molecular complexity index is 523. The van der Waals surface area contributed by atoms with Gasteiger partial charge in [-0.1, -0.05) is 0 Å². The van der Waals surface area contributed by atoms with Gasteiger partial charge in [-0.2, -0.15) is 0 Å². The number of aromatic nitrogens is 2. The smallest absolute Gasteiger partial charge is 0.135 e. The normalized spacial score (nSPS) is 14.7. The largest absolute Gasteiger partial charge is 0.469 e. The summed E-state index contributed by atoms with van der Waals surface area (Å²) >= 11 is 3.43. The number of hydrogen-bond donors (Lipinski definition) is 1. The molecule has 1 aliphatic carbocycles. The van der Waals surface area contributed by atoms with E-state index in [0.717, 1.165) is 35.0 Å². The molecular formula is C13H14BrN3O. The summed E-state index contributed by atoms with van der Waals surface area (Å²) in [5.74, 6) is 3.38. The van der Waals surface area contributed by atoms with Crippen molar-refractivity contribution in [2.45, 2.75) is 25.2 Å². The molecule has 0 amide bonds. The third kappa shape index (κ3) is 2.90. The number of halogens is 1. The molecule has 0 saturated heterocycles. The van der Waals surface area contributed by atoms with E-state index in [2.05, 4.69) is 31.2 Å². The molecule has 5 heteroatoms. The number of hydrogen-bond acceptors (Lipinski definition) is 4. The predicted octanol–water partition coefficient (Wildman–Crippen LogP) is 3.36. The van der Waals surface area contributed by atoms with Crippen LogP contribution < -0.4 is 5.32 Å². The van der Waals surface area contributed by atoms with E-state index in [1.165, 1.54) is 12.8 Å². The van der Waals surface area contributed by atoms with Crippen LogP contribution in [0.1, 0.15) is 30.3 Å². The molecule has 1 fully saturated rings. The Balaban J connectivity index is 1.61. The van der Waals surface area contributed by atoms with Crippen molar-refractivity contribution in [2.75, 3.05) is 11.9 Å². The molecule has 94 valence electrons. The summed E-state index contributed by atoms with van der Waals surface area (Å²) < 4.78 is 6.13. The van der Waals surface area contributed by atoms with Crippen molar-refractivity contribution in [3.05, 3.63) is 40.7 Å². The standard InChI is InChI=1S/C13H14BrN3O/c14-11-8-12(17-13(16-11)9-3-4-9)15-6-5-10-2-1-7-18-10/h1-2,7-9H,3-6H2,(H,15,16,17).